The Balaban J connectivity index is 3.02. The van der Waals surface area contributed by atoms with E-state index in [1.807, 2.05) is 0 Å². The van der Waals surface area contributed by atoms with E-state index in [9.17, 15) is 24.9 Å². The molecule has 0 spiro atoms. The molecule has 1 fully saturated rings. The molecule has 0 aromatic rings. The van der Waals surface area contributed by atoms with Crippen LogP contribution in [0.1, 0.15) is 60.3 Å². The molecule has 0 amide bonds. The van der Waals surface area contributed by atoms with Gasteiger partial charge < -0.3 is 20.1 Å². The highest BCUT2D eigenvalue weighted by molar-refractivity contribution is 5.83. The minimum absolute atomic E-state index is 0.222. The Kier molecular flexibility index (Phi) is 6.96. The standard InChI is InChI=1S/C18H32O6/c1-11-7-6-8-17(4,22)9-12(2)14(19)13(3)15(20)18(5,23)10-24-16(11)21/h11-13,15,20,22-23H,6-10H2,1-5H3/t11?,12-,13?,15?,17+,18-/m1/s1. The number of hydrogen-bond acceptors (Lipinski definition) is 6. The molecule has 1 heterocycles. The Morgan fingerprint density at radius 1 is 1.08 bits per heavy atom. The van der Waals surface area contributed by atoms with Crippen LogP contribution in [0.2, 0.25) is 0 Å². The number of carbonyl (C=O) groups excluding carboxylic acids is 2. The summed E-state index contributed by atoms with van der Waals surface area (Å²) in [5, 5.41) is 31.3. The summed E-state index contributed by atoms with van der Waals surface area (Å²) in [4.78, 5) is 24.5. The third kappa shape index (κ3) is 5.53. The topological polar surface area (TPSA) is 104 Å². The lowest BCUT2D eigenvalue weighted by molar-refractivity contribution is -0.168. The van der Waals surface area contributed by atoms with Gasteiger partial charge in [0.1, 0.15) is 18.0 Å². The molecular formula is C18H32O6. The lowest BCUT2D eigenvalue weighted by Crippen LogP contribution is -2.50. The van der Waals surface area contributed by atoms with Gasteiger partial charge in [0.2, 0.25) is 0 Å². The van der Waals surface area contributed by atoms with Gasteiger partial charge in [-0.3, -0.25) is 9.59 Å². The van der Waals surface area contributed by atoms with Gasteiger partial charge in [0.25, 0.3) is 0 Å². The Bertz CT molecular complexity index is 456. The Morgan fingerprint density at radius 2 is 1.67 bits per heavy atom. The molecule has 140 valence electrons. The molecule has 0 aliphatic carbocycles. The van der Waals surface area contributed by atoms with Crippen LogP contribution < -0.4 is 0 Å². The van der Waals surface area contributed by atoms with E-state index in [2.05, 4.69) is 0 Å². The third-order valence-corrected chi connectivity index (χ3v) is 5.05. The zero-order valence-electron chi connectivity index (χ0n) is 15.4. The number of aliphatic hydroxyl groups is 3. The summed E-state index contributed by atoms with van der Waals surface area (Å²) < 4.78 is 5.12. The highest BCUT2D eigenvalue weighted by Crippen LogP contribution is 2.29. The van der Waals surface area contributed by atoms with Gasteiger partial charge in [0.05, 0.1) is 17.6 Å². The molecule has 0 saturated carbocycles. The first-order valence-corrected chi connectivity index (χ1v) is 8.70. The Morgan fingerprint density at radius 3 is 2.25 bits per heavy atom. The van der Waals surface area contributed by atoms with E-state index in [4.69, 9.17) is 4.74 Å². The van der Waals surface area contributed by atoms with E-state index in [-0.39, 0.29) is 24.7 Å². The van der Waals surface area contributed by atoms with Gasteiger partial charge in [-0.1, -0.05) is 20.8 Å². The number of aliphatic hydroxyl groups excluding tert-OH is 1. The summed E-state index contributed by atoms with van der Waals surface area (Å²) in [6, 6.07) is 0. The summed E-state index contributed by atoms with van der Waals surface area (Å²) in [5.41, 5.74) is -2.73. The number of ether oxygens (including phenoxy) is 1. The SMILES string of the molecule is CC1CCC[C@](C)(O)C[C@@H](C)C(=O)C(C)C(O)[C@](C)(O)COC1=O. The highest BCUT2D eigenvalue weighted by atomic mass is 16.5. The van der Waals surface area contributed by atoms with E-state index in [0.717, 1.165) is 0 Å². The van der Waals surface area contributed by atoms with Crippen LogP contribution in [0.25, 0.3) is 0 Å². The first-order valence-electron chi connectivity index (χ1n) is 8.70. The molecule has 0 bridgehead atoms. The predicted octanol–water partition coefficient (Wildman–Crippen LogP) is 1.44. The second-order valence-electron chi connectivity index (χ2n) is 8.00. The van der Waals surface area contributed by atoms with Crippen LogP contribution in [0.5, 0.6) is 0 Å². The van der Waals surface area contributed by atoms with Crippen LogP contribution in [0.4, 0.5) is 0 Å². The number of Topliss-reactive ketones (excluding diaryl/α,β-unsaturated/α-hetero) is 1. The molecule has 1 saturated heterocycles. The van der Waals surface area contributed by atoms with Crippen molar-refractivity contribution in [3.63, 3.8) is 0 Å². The fraction of sp³-hybridized carbons (Fsp3) is 0.889. The zero-order chi connectivity index (χ0) is 18.7. The number of ketones is 1. The zero-order valence-corrected chi connectivity index (χ0v) is 15.4. The molecule has 6 nitrogen and oxygen atoms in total. The maximum absolute atomic E-state index is 12.5. The molecule has 3 N–H and O–H groups in total. The summed E-state index contributed by atoms with van der Waals surface area (Å²) >= 11 is 0. The summed E-state index contributed by atoms with van der Waals surface area (Å²) in [6.45, 7) is 7.69. The van der Waals surface area contributed by atoms with Gasteiger partial charge in [0.15, 0.2) is 0 Å². The van der Waals surface area contributed by atoms with Gasteiger partial charge in [-0.15, -0.1) is 0 Å². The van der Waals surface area contributed by atoms with E-state index >= 15 is 0 Å². The van der Waals surface area contributed by atoms with Crippen molar-refractivity contribution in [2.24, 2.45) is 17.8 Å². The average Bonchev–Trinajstić information content (AvgIpc) is 2.48. The predicted molar refractivity (Wildman–Crippen MR) is 89.2 cm³/mol. The van der Waals surface area contributed by atoms with Crippen LogP contribution in [-0.4, -0.2) is 51.0 Å². The van der Waals surface area contributed by atoms with Crippen molar-refractivity contribution < 1.29 is 29.6 Å². The summed E-state index contributed by atoms with van der Waals surface area (Å²) in [6.07, 6.45) is 0.598. The fourth-order valence-electron chi connectivity index (χ4n) is 3.36. The second-order valence-corrected chi connectivity index (χ2v) is 8.00. The van der Waals surface area contributed by atoms with E-state index in [1.165, 1.54) is 6.92 Å². The van der Waals surface area contributed by atoms with Crippen molar-refractivity contribution in [1.29, 1.82) is 0 Å². The minimum Gasteiger partial charge on any atom is -0.462 e. The largest absolute Gasteiger partial charge is 0.462 e. The van der Waals surface area contributed by atoms with Crippen LogP contribution in [-0.2, 0) is 14.3 Å². The van der Waals surface area contributed by atoms with E-state index in [0.29, 0.717) is 19.3 Å². The molecule has 24 heavy (non-hydrogen) atoms. The lowest BCUT2D eigenvalue weighted by atomic mass is 9.79. The number of rotatable bonds is 0. The number of esters is 1. The quantitative estimate of drug-likeness (QED) is 0.575. The average molecular weight is 344 g/mol. The van der Waals surface area contributed by atoms with Gasteiger partial charge in [-0.05, 0) is 39.5 Å². The number of carbonyl (C=O) groups is 2. The Labute approximate surface area is 144 Å². The molecule has 0 aromatic heterocycles. The molecule has 0 radical (unpaired) electrons. The maximum atomic E-state index is 12.5. The second kappa shape index (κ2) is 7.93. The van der Waals surface area contributed by atoms with Crippen LogP contribution >= 0.6 is 0 Å². The van der Waals surface area contributed by atoms with Crippen molar-refractivity contribution in [2.75, 3.05) is 6.61 Å². The number of hydrogen-bond donors (Lipinski definition) is 3. The van der Waals surface area contributed by atoms with Gasteiger partial charge in [-0.2, -0.15) is 0 Å². The molecule has 6 atom stereocenters. The third-order valence-electron chi connectivity index (χ3n) is 5.05. The molecule has 1 aliphatic heterocycles. The summed E-state index contributed by atoms with van der Waals surface area (Å²) in [7, 11) is 0. The van der Waals surface area contributed by atoms with Gasteiger partial charge in [-0.25, -0.2) is 0 Å². The monoisotopic (exact) mass is 344 g/mol. The first kappa shape index (κ1) is 21.1. The minimum atomic E-state index is -1.71. The molecule has 3 unspecified atom stereocenters. The lowest BCUT2D eigenvalue weighted by Gasteiger charge is -2.34. The smallest absolute Gasteiger partial charge is 0.308 e. The van der Waals surface area contributed by atoms with Crippen molar-refractivity contribution in [3.8, 4) is 0 Å². The van der Waals surface area contributed by atoms with Crippen molar-refractivity contribution >= 4 is 11.8 Å². The van der Waals surface area contributed by atoms with Crippen molar-refractivity contribution in [1.82, 2.24) is 0 Å². The molecular weight excluding hydrogens is 312 g/mol. The number of cyclic esters (lactones) is 1. The summed E-state index contributed by atoms with van der Waals surface area (Å²) in [5.74, 6) is -2.30. The van der Waals surface area contributed by atoms with Crippen LogP contribution in [0, 0.1) is 17.8 Å². The molecule has 6 heteroatoms. The van der Waals surface area contributed by atoms with E-state index in [1.54, 1.807) is 27.7 Å². The van der Waals surface area contributed by atoms with E-state index < -0.39 is 35.1 Å². The van der Waals surface area contributed by atoms with Gasteiger partial charge >= 0.3 is 5.97 Å². The molecule has 1 aliphatic rings. The molecule has 1 rings (SSSR count). The fourth-order valence-corrected chi connectivity index (χ4v) is 3.36. The van der Waals surface area contributed by atoms with Crippen LogP contribution in [0.3, 0.4) is 0 Å². The molecule has 0 aromatic carbocycles. The van der Waals surface area contributed by atoms with Crippen LogP contribution in [0.15, 0.2) is 0 Å². The van der Waals surface area contributed by atoms with Crippen molar-refractivity contribution in [3.05, 3.63) is 0 Å². The normalized spacial score (nSPS) is 43.8. The Hall–Kier alpha value is -0.980. The van der Waals surface area contributed by atoms with Crippen molar-refractivity contribution in [2.45, 2.75) is 77.6 Å². The first-order chi connectivity index (χ1) is 10.9. The van der Waals surface area contributed by atoms with Gasteiger partial charge in [0, 0.05) is 11.8 Å². The highest BCUT2D eigenvalue weighted by Gasteiger charge is 2.41. The maximum Gasteiger partial charge on any atom is 0.308 e.